The molecule has 8 heteroatoms. The van der Waals surface area contributed by atoms with E-state index in [4.69, 9.17) is 10.1 Å². The van der Waals surface area contributed by atoms with Crippen LogP contribution in [-0.2, 0) is 10.0 Å². The molecule has 6 nitrogen and oxygen atoms in total. The van der Waals surface area contributed by atoms with Crippen molar-refractivity contribution in [2.45, 2.75) is 55.9 Å². The van der Waals surface area contributed by atoms with Crippen molar-refractivity contribution in [3.63, 3.8) is 0 Å². The van der Waals surface area contributed by atoms with Gasteiger partial charge in [-0.15, -0.1) is 0 Å². The molecule has 1 unspecified atom stereocenters. The second kappa shape index (κ2) is 10.8. The summed E-state index contributed by atoms with van der Waals surface area (Å²) >= 11 is 0. The normalized spacial score (nSPS) is 19.1. The van der Waals surface area contributed by atoms with Crippen LogP contribution in [0.5, 0.6) is 0 Å². The van der Waals surface area contributed by atoms with Gasteiger partial charge in [0.1, 0.15) is 5.82 Å². The predicted octanol–water partition coefficient (Wildman–Crippen LogP) is 5.60. The number of nitrogens with one attached hydrogen (secondary N) is 1. The number of nitrogens with zero attached hydrogens (tertiary/aromatic N) is 3. The molecule has 1 aliphatic heterocycles. The molecule has 0 radical (unpaired) electrons. The number of halogens is 1. The van der Waals surface area contributed by atoms with Gasteiger partial charge in [-0.05, 0) is 55.2 Å². The maximum absolute atomic E-state index is 13.7. The molecular weight excluding hydrogens is 487 g/mol. The first-order valence-corrected chi connectivity index (χ1v) is 14.2. The van der Waals surface area contributed by atoms with Gasteiger partial charge in [-0.1, -0.05) is 79.4 Å². The summed E-state index contributed by atoms with van der Waals surface area (Å²) in [5, 5.41) is 6.54. The van der Waals surface area contributed by atoms with Crippen LogP contribution < -0.4 is 4.72 Å². The van der Waals surface area contributed by atoms with Crippen molar-refractivity contribution < 1.29 is 12.8 Å². The fourth-order valence-electron chi connectivity index (χ4n) is 4.89. The second-order valence-electron chi connectivity index (χ2n) is 9.70. The minimum atomic E-state index is -3.88. The minimum Gasteiger partial charge on any atom is -0.248 e. The van der Waals surface area contributed by atoms with Crippen molar-refractivity contribution in [2.24, 2.45) is 10.1 Å². The third-order valence-electron chi connectivity index (χ3n) is 6.94. The Morgan fingerprint density at radius 3 is 2.30 bits per heavy atom. The number of hydrogen-bond donors (Lipinski definition) is 1. The van der Waals surface area contributed by atoms with E-state index in [0.29, 0.717) is 6.54 Å². The lowest BCUT2D eigenvalue weighted by Crippen LogP contribution is -2.42. The lowest BCUT2D eigenvalue weighted by Gasteiger charge is -2.24. The van der Waals surface area contributed by atoms with E-state index < -0.39 is 10.0 Å². The van der Waals surface area contributed by atoms with Gasteiger partial charge in [0.05, 0.1) is 23.2 Å². The first-order valence-electron chi connectivity index (χ1n) is 12.7. The molecule has 0 spiro atoms. The van der Waals surface area contributed by atoms with Crippen molar-refractivity contribution >= 4 is 21.7 Å². The SMILES string of the molecule is Cc1ccc(S(=O)(=O)NC(=NC2CCCCC2)N2CC(c3ccccc3)C(c3ccc(F)cc3)=N2)cc1. The lowest BCUT2D eigenvalue weighted by molar-refractivity contribution is 0.420. The number of rotatable bonds is 5. The molecule has 0 aromatic heterocycles. The van der Waals surface area contributed by atoms with Crippen LogP contribution in [0.15, 0.2) is 93.9 Å². The number of hydrazone groups is 1. The summed E-state index contributed by atoms with van der Waals surface area (Å²) in [4.78, 5) is 5.08. The van der Waals surface area contributed by atoms with Gasteiger partial charge in [0.25, 0.3) is 10.0 Å². The molecule has 1 aliphatic carbocycles. The summed E-state index contributed by atoms with van der Waals surface area (Å²) in [6, 6.07) is 23.0. The fraction of sp³-hybridized carbons (Fsp3) is 0.310. The Hall–Kier alpha value is -3.52. The van der Waals surface area contributed by atoms with Gasteiger partial charge in [0.2, 0.25) is 5.96 Å². The van der Waals surface area contributed by atoms with Crippen LogP contribution in [0, 0.1) is 12.7 Å². The zero-order valence-corrected chi connectivity index (χ0v) is 21.7. The van der Waals surface area contributed by atoms with Crippen LogP contribution in [-0.4, -0.2) is 37.7 Å². The minimum absolute atomic E-state index is 0.0321. The van der Waals surface area contributed by atoms with E-state index in [2.05, 4.69) is 4.72 Å². The summed E-state index contributed by atoms with van der Waals surface area (Å²) in [6.07, 6.45) is 5.15. The first kappa shape index (κ1) is 25.1. The smallest absolute Gasteiger partial charge is 0.248 e. The van der Waals surface area contributed by atoms with Gasteiger partial charge in [-0.3, -0.25) is 0 Å². The summed E-state index contributed by atoms with van der Waals surface area (Å²) < 4.78 is 43.2. The Kier molecular flexibility index (Phi) is 7.37. The van der Waals surface area contributed by atoms with E-state index in [1.807, 2.05) is 37.3 Å². The third-order valence-corrected chi connectivity index (χ3v) is 8.28. The highest BCUT2D eigenvalue weighted by Gasteiger charge is 2.33. The van der Waals surface area contributed by atoms with Crippen molar-refractivity contribution in [2.75, 3.05) is 6.54 Å². The van der Waals surface area contributed by atoms with E-state index in [1.54, 1.807) is 41.4 Å². The molecule has 192 valence electrons. The molecule has 1 N–H and O–H groups in total. The number of hydrogen-bond acceptors (Lipinski definition) is 4. The molecule has 3 aromatic carbocycles. The number of sulfonamides is 1. The summed E-state index contributed by atoms with van der Waals surface area (Å²) in [7, 11) is -3.88. The Bertz CT molecular complexity index is 1380. The molecule has 0 saturated heterocycles. The monoisotopic (exact) mass is 518 g/mol. The largest absolute Gasteiger partial charge is 0.264 e. The average Bonchev–Trinajstić information content (AvgIpc) is 3.36. The van der Waals surface area contributed by atoms with E-state index in [0.717, 1.165) is 48.1 Å². The Morgan fingerprint density at radius 2 is 1.62 bits per heavy atom. The predicted molar refractivity (Wildman–Crippen MR) is 145 cm³/mol. The third kappa shape index (κ3) is 5.91. The van der Waals surface area contributed by atoms with E-state index >= 15 is 0 Å². The second-order valence-corrected chi connectivity index (χ2v) is 11.4. The maximum Gasteiger partial charge on any atom is 0.264 e. The topological polar surface area (TPSA) is 74.1 Å². The van der Waals surface area contributed by atoms with E-state index in [-0.39, 0.29) is 28.6 Å². The van der Waals surface area contributed by atoms with E-state index in [9.17, 15) is 12.8 Å². The first-order chi connectivity index (χ1) is 17.9. The molecule has 5 rings (SSSR count). The van der Waals surface area contributed by atoms with E-state index in [1.165, 1.54) is 18.6 Å². The number of aryl methyl sites for hydroxylation is 1. The van der Waals surface area contributed by atoms with Gasteiger partial charge in [0, 0.05) is 5.92 Å². The summed E-state index contributed by atoms with van der Waals surface area (Å²) in [5.74, 6) is -0.224. The zero-order valence-electron chi connectivity index (χ0n) is 20.8. The van der Waals surface area contributed by atoms with Crippen molar-refractivity contribution in [1.82, 2.24) is 9.73 Å². The van der Waals surface area contributed by atoms with Crippen LogP contribution in [0.3, 0.4) is 0 Å². The highest BCUT2D eigenvalue weighted by Crippen LogP contribution is 2.30. The Morgan fingerprint density at radius 1 is 0.946 bits per heavy atom. The average molecular weight is 519 g/mol. The van der Waals surface area contributed by atoms with Gasteiger partial charge < -0.3 is 0 Å². The molecule has 2 aliphatic rings. The highest BCUT2D eigenvalue weighted by molar-refractivity contribution is 7.90. The molecular formula is C29H31FN4O2S. The highest BCUT2D eigenvalue weighted by atomic mass is 32.2. The van der Waals surface area contributed by atoms with Gasteiger partial charge in [-0.2, -0.15) is 5.10 Å². The molecule has 0 bridgehead atoms. The number of benzene rings is 3. The number of guanidine groups is 1. The molecule has 1 atom stereocenters. The maximum atomic E-state index is 13.7. The molecule has 3 aromatic rings. The standard InChI is InChI=1S/C29H31FN4O2S/c1-21-12-18-26(19-13-21)37(35,36)33-29(31-25-10-6-3-7-11-25)34-20-27(22-8-4-2-5-9-22)28(32-34)23-14-16-24(30)17-15-23/h2,4-5,8-9,12-19,25,27H,3,6-7,10-11,20H2,1H3,(H,31,33). The molecule has 37 heavy (non-hydrogen) atoms. The molecule has 1 fully saturated rings. The van der Waals surface area contributed by atoms with Gasteiger partial charge >= 0.3 is 0 Å². The summed E-state index contributed by atoms with van der Waals surface area (Å²) in [5.41, 5.74) is 3.56. The van der Waals surface area contributed by atoms with Gasteiger partial charge in [-0.25, -0.2) is 27.5 Å². The van der Waals surface area contributed by atoms with Crippen LogP contribution >= 0.6 is 0 Å². The zero-order chi connectivity index (χ0) is 25.8. The van der Waals surface area contributed by atoms with Gasteiger partial charge in [0.15, 0.2) is 0 Å². The summed E-state index contributed by atoms with van der Waals surface area (Å²) in [6.45, 7) is 2.33. The van der Waals surface area contributed by atoms with Crippen LogP contribution in [0.25, 0.3) is 0 Å². The van der Waals surface area contributed by atoms with Crippen molar-refractivity contribution in [1.29, 1.82) is 0 Å². The molecule has 1 heterocycles. The number of aliphatic imine (C=N–C) groups is 1. The van der Waals surface area contributed by atoms with Crippen LogP contribution in [0.1, 0.15) is 54.7 Å². The Balaban J connectivity index is 1.54. The molecule has 0 amide bonds. The quantitative estimate of drug-likeness (QED) is 0.353. The Labute approximate surface area is 218 Å². The molecule has 1 saturated carbocycles. The fourth-order valence-corrected chi connectivity index (χ4v) is 5.90. The lowest BCUT2D eigenvalue weighted by atomic mass is 9.91. The van der Waals surface area contributed by atoms with Crippen LogP contribution in [0.2, 0.25) is 0 Å². The van der Waals surface area contributed by atoms with Crippen molar-refractivity contribution in [3.05, 3.63) is 101 Å². The van der Waals surface area contributed by atoms with Crippen LogP contribution in [0.4, 0.5) is 4.39 Å². The van der Waals surface area contributed by atoms with Crippen molar-refractivity contribution in [3.8, 4) is 0 Å².